The van der Waals surface area contributed by atoms with Gasteiger partial charge in [-0.3, -0.25) is 0 Å². The molecule has 2 aliphatic rings. The molecule has 3 rings (SSSR count). The summed E-state index contributed by atoms with van der Waals surface area (Å²) in [5.41, 5.74) is 0.638. The van der Waals surface area contributed by atoms with Crippen molar-refractivity contribution in [2.45, 2.75) is 30.8 Å². The van der Waals surface area contributed by atoms with Crippen LogP contribution in [-0.4, -0.2) is 40.9 Å². The van der Waals surface area contributed by atoms with Gasteiger partial charge in [-0.15, -0.1) is 0 Å². The van der Waals surface area contributed by atoms with Gasteiger partial charge in [0, 0.05) is 19.2 Å². The van der Waals surface area contributed by atoms with Gasteiger partial charge in [0.1, 0.15) is 13.2 Å². The molecule has 1 unspecified atom stereocenters. The summed E-state index contributed by atoms with van der Waals surface area (Å²) in [6.07, 6.45) is 1.84. The van der Waals surface area contributed by atoms with Crippen molar-refractivity contribution in [1.82, 2.24) is 4.72 Å². The van der Waals surface area contributed by atoms with Crippen LogP contribution in [-0.2, 0) is 14.8 Å². The fourth-order valence-electron chi connectivity index (χ4n) is 2.55. The number of hydrogen-bond donors (Lipinski definition) is 1. The summed E-state index contributed by atoms with van der Waals surface area (Å²) in [7, 11) is -3.58. The number of nitrogens with one attached hydrogen (secondary N) is 1. The highest BCUT2D eigenvalue weighted by atomic mass is 32.2. The first-order valence-corrected chi connectivity index (χ1v) is 8.56. The maximum atomic E-state index is 12.4. The Labute approximate surface area is 124 Å². The zero-order valence-corrected chi connectivity index (χ0v) is 12.7. The van der Waals surface area contributed by atoms with Crippen molar-refractivity contribution in [3.05, 3.63) is 17.7 Å². The Morgan fingerprint density at radius 3 is 2.57 bits per heavy atom. The third-order valence-corrected chi connectivity index (χ3v) is 5.22. The van der Waals surface area contributed by atoms with Crippen LogP contribution in [0.3, 0.4) is 0 Å². The average Bonchev–Trinajstić information content (AvgIpc) is 2.98. The fraction of sp³-hybridized carbons (Fsp3) is 0.571. The van der Waals surface area contributed by atoms with Crippen LogP contribution in [0.25, 0.3) is 0 Å². The number of aryl methyl sites for hydroxylation is 1. The van der Waals surface area contributed by atoms with E-state index in [1.165, 1.54) is 6.07 Å². The molecule has 7 heteroatoms. The summed E-state index contributed by atoms with van der Waals surface area (Å²) >= 11 is 0. The lowest BCUT2D eigenvalue weighted by Crippen LogP contribution is -2.32. The van der Waals surface area contributed by atoms with Gasteiger partial charge in [0.05, 0.1) is 11.0 Å². The minimum absolute atomic E-state index is 0.0303. The van der Waals surface area contributed by atoms with Crippen molar-refractivity contribution in [1.29, 1.82) is 0 Å². The van der Waals surface area contributed by atoms with Gasteiger partial charge in [-0.25, -0.2) is 13.1 Å². The summed E-state index contributed by atoms with van der Waals surface area (Å²) < 4.78 is 43.8. The predicted octanol–water partition coefficient (Wildman–Crippen LogP) is 1.22. The monoisotopic (exact) mass is 313 g/mol. The van der Waals surface area contributed by atoms with Crippen molar-refractivity contribution >= 4 is 10.0 Å². The van der Waals surface area contributed by atoms with Crippen molar-refractivity contribution in [3.63, 3.8) is 0 Å². The summed E-state index contributed by atoms with van der Waals surface area (Å²) in [5.74, 6) is 1.07. The van der Waals surface area contributed by atoms with Crippen LogP contribution in [0.1, 0.15) is 18.4 Å². The Balaban J connectivity index is 1.80. The highest BCUT2D eigenvalue weighted by Crippen LogP contribution is 2.34. The zero-order chi connectivity index (χ0) is 14.9. The van der Waals surface area contributed by atoms with Crippen LogP contribution in [0.5, 0.6) is 11.5 Å². The van der Waals surface area contributed by atoms with E-state index in [1.54, 1.807) is 13.0 Å². The Morgan fingerprint density at radius 1 is 1.19 bits per heavy atom. The van der Waals surface area contributed by atoms with Crippen molar-refractivity contribution in [2.75, 3.05) is 26.4 Å². The first-order valence-electron chi connectivity index (χ1n) is 7.08. The Bertz CT molecular complexity index is 622. The third kappa shape index (κ3) is 3.14. The molecule has 6 nitrogen and oxygen atoms in total. The molecule has 1 saturated heterocycles. The van der Waals surface area contributed by atoms with E-state index in [4.69, 9.17) is 14.2 Å². The third-order valence-electron chi connectivity index (χ3n) is 3.65. The van der Waals surface area contributed by atoms with E-state index in [2.05, 4.69) is 4.72 Å². The quantitative estimate of drug-likeness (QED) is 0.905. The Kier molecular flexibility index (Phi) is 4.05. The molecule has 0 spiro atoms. The lowest BCUT2D eigenvalue weighted by molar-refractivity contribution is 0.114. The average molecular weight is 313 g/mol. The lowest BCUT2D eigenvalue weighted by atomic mass is 10.2. The molecule has 2 aliphatic heterocycles. The molecule has 116 valence electrons. The molecule has 0 aliphatic carbocycles. The van der Waals surface area contributed by atoms with Crippen molar-refractivity contribution in [2.24, 2.45) is 0 Å². The predicted molar refractivity (Wildman–Crippen MR) is 76.3 cm³/mol. The van der Waals surface area contributed by atoms with Gasteiger partial charge in [-0.05, 0) is 31.4 Å². The first kappa shape index (κ1) is 14.6. The summed E-state index contributed by atoms with van der Waals surface area (Å²) in [6.45, 7) is 3.67. The van der Waals surface area contributed by atoms with Gasteiger partial charge in [-0.1, -0.05) is 0 Å². The van der Waals surface area contributed by atoms with Gasteiger partial charge in [0.2, 0.25) is 10.0 Å². The molecule has 1 fully saturated rings. The van der Waals surface area contributed by atoms with Crippen LogP contribution in [0.15, 0.2) is 17.0 Å². The number of hydrogen-bond acceptors (Lipinski definition) is 5. The number of benzene rings is 1. The van der Waals surface area contributed by atoms with Crippen molar-refractivity contribution < 1.29 is 22.6 Å². The molecule has 0 saturated carbocycles. The molecule has 0 radical (unpaired) electrons. The molecule has 1 N–H and O–H groups in total. The van der Waals surface area contributed by atoms with E-state index < -0.39 is 10.0 Å². The van der Waals surface area contributed by atoms with Crippen LogP contribution in [0, 0.1) is 6.92 Å². The number of rotatable bonds is 4. The molecule has 1 atom stereocenters. The van der Waals surface area contributed by atoms with Crippen molar-refractivity contribution in [3.8, 4) is 11.5 Å². The Hall–Kier alpha value is -1.31. The minimum Gasteiger partial charge on any atom is -0.486 e. The summed E-state index contributed by atoms with van der Waals surface area (Å²) in [6, 6.07) is 3.23. The van der Waals surface area contributed by atoms with Crippen LogP contribution < -0.4 is 14.2 Å². The number of sulfonamides is 1. The van der Waals surface area contributed by atoms with Crippen LogP contribution in [0.2, 0.25) is 0 Å². The SMILES string of the molecule is Cc1cc2c(cc1S(=O)(=O)NCC1CCCO1)OCCO2. The van der Waals surface area contributed by atoms with Gasteiger partial charge in [0.15, 0.2) is 11.5 Å². The smallest absolute Gasteiger partial charge is 0.241 e. The second-order valence-electron chi connectivity index (χ2n) is 5.25. The molecule has 0 aromatic heterocycles. The lowest BCUT2D eigenvalue weighted by Gasteiger charge is -2.20. The molecule has 21 heavy (non-hydrogen) atoms. The first-order chi connectivity index (χ1) is 10.1. The Morgan fingerprint density at radius 2 is 1.90 bits per heavy atom. The molecular formula is C14H19NO5S. The summed E-state index contributed by atoms with van der Waals surface area (Å²) in [5, 5.41) is 0. The second kappa shape index (κ2) is 5.82. The van der Waals surface area contributed by atoms with E-state index in [1.807, 2.05) is 0 Å². The number of fused-ring (bicyclic) bond motifs is 1. The summed E-state index contributed by atoms with van der Waals surface area (Å²) in [4.78, 5) is 0.227. The molecular weight excluding hydrogens is 294 g/mol. The topological polar surface area (TPSA) is 73.9 Å². The van der Waals surface area contributed by atoms with E-state index >= 15 is 0 Å². The molecule has 1 aromatic rings. The van der Waals surface area contributed by atoms with E-state index in [0.29, 0.717) is 43.4 Å². The van der Waals surface area contributed by atoms with Crippen LogP contribution in [0.4, 0.5) is 0 Å². The highest BCUT2D eigenvalue weighted by Gasteiger charge is 2.24. The second-order valence-corrected chi connectivity index (χ2v) is 6.98. The standard InChI is InChI=1S/C14H19NO5S/c1-10-7-12-13(20-6-5-19-12)8-14(10)21(16,17)15-9-11-3-2-4-18-11/h7-8,11,15H,2-6,9H2,1H3. The highest BCUT2D eigenvalue weighted by molar-refractivity contribution is 7.89. The van der Waals surface area contributed by atoms with E-state index in [0.717, 1.165) is 12.8 Å². The largest absolute Gasteiger partial charge is 0.486 e. The molecule has 0 bridgehead atoms. The maximum absolute atomic E-state index is 12.4. The minimum atomic E-state index is -3.58. The van der Waals surface area contributed by atoms with E-state index in [9.17, 15) is 8.42 Å². The van der Waals surface area contributed by atoms with E-state index in [-0.39, 0.29) is 11.0 Å². The zero-order valence-electron chi connectivity index (χ0n) is 11.9. The maximum Gasteiger partial charge on any atom is 0.241 e. The fourth-order valence-corrected chi connectivity index (χ4v) is 3.85. The molecule has 0 amide bonds. The number of ether oxygens (including phenoxy) is 3. The molecule has 1 aromatic carbocycles. The normalized spacial score (nSPS) is 21.5. The van der Waals surface area contributed by atoms with Gasteiger partial charge in [0.25, 0.3) is 0 Å². The molecule has 2 heterocycles. The van der Waals surface area contributed by atoms with Gasteiger partial charge < -0.3 is 14.2 Å². The van der Waals surface area contributed by atoms with Gasteiger partial charge in [-0.2, -0.15) is 0 Å². The van der Waals surface area contributed by atoms with Crippen LogP contribution >= 0.6 is 0 Å². The van der Waals surface area contributed by atoms with Gasteiger partial charge >= 0.3 is 0 Å².